The van der Waals surface area contributed by atoms with E-state index < -0.39 is 15.4 Å². The average molecular weight is 148 g/mol. The summed E-state index contributed by atoms with van der Waals surface area (Å²) in [7, 11) is -3.08. The molecule has 52 valence electrons. The van der Waals surface area contributed by atoms with Gasteiger partial charge in [-0.05, 0) is 13.0 Å². The number of hydrogen-bond donors (Lipinski definition) is 1. The molecule has 0 radical (unpaired) electrons. The summed E-state index contributed by atoms with van der Waals surface area (Å²) in [6.45, 7) is 1.47. The standard InChI is InChI=1S/C5H8O3S/c1-5(6)2-3-9(7,8)4-5/h2-3,6H,4H2,1H3. The first-order valence-electron chi connectivity index (χ1n) is 2.56. The second-order valence-corrected chi connectivity index (χ2v) is 4.35. The summed E-state index contributed by atoms with van der Waals surface area (Å²) in [5.74, 6) is -0.181. The van der Waals surface area contributed by atoms with Crippen LogP contribution >= 0.6 is 0 Å². The third kappa shape index (κ3) is 1.53. The van der Waals surface area contributed by atoms with Gasteiger partial charge in [-0.2, -0.15) is 0 Å². The highest BCUT2D eigenvalue weighted by Gasteiger charge is 2.30. The van der Waals surface area contributed by atoms with E-state index in [0.717, 1.165) is 5.41 Å². The first-order chi connectivity index (χ1) is 3.91. The molecule has 1 rings (SSSR count). The predicted octanol–water partition coefficient (Wildman–Crippen LogP) is -0.321. The summed E-state index contributed by atoms with van der Waals surface area (Å²) in [5.41, 5.74) is -1.14. The maximum Gasteiger partial charge on any atom is 0.174 e. The maximum atomic E-state index is 10.6. The van der Waals surface area contributed by atoms with Crippen LogP contribution in [-0.2, 0) is 9.84 Å². The minimum atomic E-state index is -3.08. The Morgan fingerprint density at radius 2 is 2.22 bits per heavy atom. The number of aliphatic hydroxyl groups is 1. The van der Waals surface area contributed by atoms with Gasteiger partial charge in [-0.1, -0.05) is 0 Å². The highest BCUT2D eigenvalue weighted by molar-refractivity contribution is 7.94. The molecule has 1 unspecified atom stereocenters. The molecule has 1 aliphatic rings. The second kappa shape index (κ2) is 1.58. The second-order valence-electron chi connectivity index (χ2n) is 2.47. The lowest BCUT2D eigenvalue weighted by Gasteiger charge is -2.09. The van der Waals surface area contributed by atoms with Crippen molar-refractivity contribution in [3.05, 3.63) is 11.5 Å². The number of rotatable bonds is 0. The van der Waals surface area contributed by atoms with E-state index in [1.165, 1.54) is 13.0 Å². The first kappa shape index (κ1) is 6.77. The Hall–Kier alpha value is -0.350. The van der Waals surface area contributed by atoms with Crippen LogP contribution in [0.25, 0.3) is 0 Å². The van der Waals surface area contributed by atoms with Gasteiger partial charge in [0.1, 0.15) is 0 Å². The van der Waals surface area contributed by atoms with Gasteiger partial charge in [-0.25, -0.2) is 8.42 Å². The van der Waals surface area contributed by atoms with Crippen LogP contribution in [0.4, 0.5) is 0 Å². The minimum absolute atomic E-state index is 0.181. The molecular formula is C5H8O3S. The van der Waals surface area contributed by atoms with Gasteiger partial charge in [0.25, 0.3) is 0 Å². The van der Waals surface area contributed by atoms with E-state index in [4.69, 9.17) is 5.11 Å². The first-order valence-corrected chi connectivity index (χ1v) is 4.27. The zero-order valence-corrected chi connectivity index (χ0v) is 5.85. The quantitative estimate of drug-likeness (QED) is 0.512. The van der Waals surface area contributed by atoms with Crippen molar-refractivity contribution >= 4 is 9.84 Å². The fourth-order valence-electron chi connectivity index (χ4n) is 0.754. The largest absolute Gasteiger partial charge is 0.385 e. The zero-order valence-electron chi connectivity index (χ0n) is 5.03. The molecule has 1 N–H and O–H groups in total. The van der Waals surface area contributed by atoms with Crippen LogP contribution in [0.2, 0.25) is 0 Å². The van der Waals surface area contributed by atoms with Gasteiger partial charge in [0.15, 0.2) is 9.84 Å². The average Bonchev–Trinajstić information content (AvgIpc) is 1.78. The normalized spacial score (nSPS) is 39.3. The molecule has 0 saturated heterocycles. The van der Waals surface area contributed by atoms with Crippen LogP contribution in [0.15, 0.2) is 11.5 Å². The van der Waals surface area contributed by atoms with E-state index >= 15 is 0 Å². The SMILES string of the molecule is CC1(O)C=CS(=O)(=O)C1. The number of sulfone groups is 1. The molecule has 3 nitrogen and oxygen atoms in total. The molecule has 0 spiro atoms. The third-order valence-electron chi connectivity index (χ3n) is 1.13. The molecule has 0 aromatic carbocycles. The summed E-state index contributed by atoms with van der Waals surface area (Å²) in [6.07, 6.45) is 1.29. The van der Waals surface area contributed by atoms with Crippen molar-refractivity contribution in [2.45, 2.75) is 12.5 Å². The van der Waals surface area contributed by atoms with Gasteiger partial charge in [-0.15, -0.1) is 0 Å². The van der Waals surface area contributed by atoms with E-state index in [2.05, 4.69) is 0 Å². The highest BCUT2D eigenvalue weighted by atomic mass is 32.2. The van der Waals surface area contributed by atoms with Gasteiger partial charge in [0.05, 0.1) is 11.4 Å². The minimum Gasteiger partial charge on any atom is -0.385 e. The van der Waals surface area contributed by atoms with Crippen molar-refractivity contribution in [1.29, 1.82) is 0 Å². The molecule has 4 heteroatoms. The van der Waals surface area contributed by atoms with Crippen LogP contribution < -0.4 is 0 Å². The van der Waals surface area contributed by atoms with Crippen molar-refractivity contribution in [2.75, 3.05) is 5.75 Å². The van der Waals surface area contributed by atoms with Crippen LogP contribution in [0, 0.1) is 0 Å². The molecule has 0 amide bonds. The van der Waals surface area contributed by atoms with Gasteiger partial charge in [-0.3, -0.25) is 0 Å². The highest BCUT2D eigenvalue weighted by Crippen LogP contribution is 2.17. The molecule has 1 heterocycles. The summed E-state index contributed by atoms with van der Waals surface area (Å²) < 4.78 is 21.2. The molecule has 0 aromatic rings. The Balaban J connectivity index is 2.97. The lowest BCUT2D eigenvalue weighted by molar-refractivity contribution is 0.139. The van der Waals surface area contributed by atoms with Gasteiger partial charge >= 0.3 is 0 Å². The molecule has 0 saturated carbocycles. The Kier molecular flexibility index (Phi) is 1.18. The lowest BCUT2D eigenvalue weighted by atomic mass is 10.1. The van der Waals surface area contributed by atoms with Crippen molar-refractivity contribution in [2.24, 2.45) is 0 Å². The van der Waals surface area contributed by atoms with Gasteiger partial charge in [0, 0.05) is 5.41 Å². The lowest BCUT2D eigenvalue weighted by Crippen LogP contribution is -2.24. The molecule has 0 fully saturated rings. The van der Waals surface area contributed by atoms with Crippen LogP contribution in [0.1, 0.15) is 6.92 Å². The van der Waals surface area contributed by atoms with Crippen molar-refractivity contribution < 1.29 is 13.5 Å². The van der Waals surface area contributed by atoms with Crippen molar-refractivity contribution in [3.63, 3.8) is 0 Å². The van der Waals surface area contributed by atoms with Gasteiger partial charge < -0.3 is 5.11 Å². The van der Waals surface area contributed by atoms with E-state index in [0.29, 0.717) is 0 Å². The van der Waals surface area contributed by atoms with E-state index in [1.807, 2.05) is 0 Å². The van der Waals surface area contributed by atoms with Crippen LogP contribution in [0.5, 0.6) is 0 Å². The predicted molar refractivity (Wildman–Crippen MR) is 33.6 cm³/mol. The Morgan fingerprint density at radius 3 is 2.33 bits per heavy atom. The third-order valence-corrected chi connectivity index (χ3v) is 2.67. The monoisotopic (exact) mass is 148 g/mol. The van der Waals surface area contributed by atoms with Gasteiger partial charge in [0.2, 0.25) is 0 Å². The molecule has 9 heavy (non-hydrogen) atoms. The van der Waals surface area contributed by atoms with E-state index in [9.17, 15) is 8.42 Å². The number of hydrogen-bond acceptors (Lipinski definition) is 3. The fraction of sp³-hybridized carbons (Fsp3) is 0.600. The summed E-state index contributed by atoms with van der Waals surface area (Å²) in [5, 5.41) is 10.1. The molecule has 1 aliphatic heterocycles. The van der Waals surface area contributed by atoms with E-state index in [1.54, 1.807) is 0 Å². The maximum absolute atomic E-state index is 10.6. The fourth-order valence-corrected chi connectivity index (χ4v) is 2.26. The summed E-state index contributed by atoms with van der Waals surface area (Å²) in [6, 6.07) is 0. The Morgan fingerprint density at radius 1 is 1.67 bits per heavy atom. The van der Waals surface area contributed by atoms with E-state index in [-0.39, 0.29) is 5.75 Å². The molecule has 0 bridgehead atoms. The van der Waals surface area contributed by atoms with Crippen LogP contribution in [-0.4, -0.2) is 24.9 Å². The summed E-state index contributed by atoms with van der Waals surface area (Å²) >= 11 is 0. The topological polar surface area (TPSA) is 54.4 Å². The zero-order chi connectivity index (χ0) is 7.12. The molecule has 1 atom stereocenters. The smallest absolute Gasteiger partial charge is 0.174 e. The Labute approximate surface area is 53.9 Å². The molecular weight excluding hydrogens is 140 g/mol. The molecule has 0 aromatic heterocycles. The van der Waals surface area contributed by atoms with Crippen molar-refractivity contribution in [3.8, 4) is 0 Å². The molecule has 0 aliphatic carbocycles. The summed E-state index contributed by atoms with van der Waals surface area (Å²) in [4.78, 5) is 0. The Bertz CT molecular complexity index is 235. The van der Waals surface area contributed by atoms with Crippen LogP contribution in [0.3, 0.4) is 0 Å². The van der Waals surface area contributed by atoms with Crippen molar-refractivity contribution in [1.82, 2.24) is 0 Å².